The average molecular weight is 248 g/mol. The lowest BCUT2D eigenvalue weighted by molar-refractivity contribution is 0.104. The number of rotatable bonds is 5. The van der Waals surface area contributed by atoms with Crippen LogP contribution < -0.4 is 16.2 Å². The second-order valence-corrected chi connectivity index (χ2v) is 5.32. The number of benzene rings is 1. The lowest BCUT2D eigenvalue weighted by atomic mass is 9.62. The van der Waals surface area contributed by atoms with Crippen LogP contribution in [0, 0.1) is 5.41 Å². The first kappa shape index (κ1) is 13.4. The van der Waals surface area contributed by atoms with Gasteiger partial charge >= 0.3 is 0 Å². The SMILES string of the molecule is CCc1cc(C(N)C2(CN)CCC2)ccc1OC. The number of ether oxygens (including phenoxy) is 1. The number of methoxy groups -OCH3 is 1. The first-order valence-electron chi connectivity index (χ1n) is 6.79. The molecule has 4 N–H and O–H groups in total. The molecule has 3 heteroatoms. The molecule has 2 rings (SSSR count). The normalized spacial score (nSPS) is 19.1. The molecule has 1 saturated carbocycles. The van der Waals surface area contributed by atoms with Crippen molar-refractivity contribution in [1.82, 2.24) is 0 Å². The molecule has 0 aromatic heterocycles. The summed E-state index contributed by atoms with van der Waals surface area (Å²) in [5.74, 6) is 0.948. The summed E-state index contributed by atoms with van der Waals surface area (Å²) in [6.45, 7) is 2.82. The summed E-state index contributed by atoms with van der Waals surface area (Å²) in [7, 11) is 1.71. The topological polar surface area (TPSA) is 61.3 Å². The summed E-state index contributed by atoms with van der Waals surface area (Å²) < 4.78 is 5.36. The maximum Gasteiger partial charge on any atom is 0.122 e. The third-order valence-electron chi connectivity index (χ3n) is 4.46. The monoisotopic (exact) mass is 248 g/mol. The third-order valence-corrected chi connectivity index (χ3v) is 4.46. The molecule has 1 unspecified atom stereocenters. The van der Waals surface area contributed by atoms with Crippen LogP contribution in [-0.2, 0) is 6.42 Å². The molecule has 0 bridgehead atoms. The fraction of sp³-hybridized carbons (Fsp3) is 0.600. The van der Waals surface area contributed by atoms with Crippen molar-refractivity contribution < 1.29 is 4.74 Å². The van der Waals surface area contributed by atoms with Crippen LogP contribution in [0.1, 0.15) is 43.4 Å². The highest BCUT2D eigenvalue weighted by Crippen LogP contribution is 2.48. The van der Waals surface area contributed by atoms with E-state index in [2.05, 4.69) is 19.1 Å². The van der Waals surface area contributed by atoms with E-state index in [0.29, 0.717) is 6.54 Å². The smallest absolute Gasteiger partial charge is 0.122 e. The molecule has 0 spiro atoms. The molecule has 1 aromatic rings. The molecule has 18 heavy (non-hydrogen) atoms. The number of nitrogens with two attached hydrogens (primary N) is 2. The highest BCUT2D eigenvalue weighted by molar-refractivity contribution is 5.39. The minimum absolute atomic E-state index is 0.0486. The predicted molar refractivity (Wildman–Crippen MR) is 74.6 cm³/mol. The van der Waals surface area contributed by atoms with Gasteiger partial charge in [0.2, 0.25) is 0 Å². The van der Waals surface area contributed by atoms with Crippen molar-refractivity contribution in [3.8, 4) is 5.75 Å². The second kappa shape index (κ2) is 5.29. The molecular formula is C15H24N2O. The van der Waals surface area contributed by atoms with Crippen LogP contribution in [0.15, 0.2) is 18.2 Å². The van der Waals surface area contributed by atoms with E-state index in [0.717, 1.165) is 25.0 Å². The minimum Gasteiger partial charge on any atom is -0.496 e. The van der Waals surface area contributed by atoms with Gasteiger partial charge in [-0.3, -0.25) is 0 Å². The van der Waals surface area contributed by atoms with E-state index in [-0.39, 0.29) is 11.5 Å². The van der Waals surface area contributed by atoms with Crippen molar-refractivity contribution in [2.24, 2.45) is 16.9 Å². The Bertz CT molecular complexity index is 407. The van der Waals surface area contributed by atoms with Crippen LogP contribution >= 0.6 is 0 Å². The Kier molecular flexibility index (Phi) is 3.93. The number of hydrogen-bond donors (Lipinski definition) is 2. The molecule has 1 fully saturated rings. The highest BCUT2D eigenvalue weighted by Gasteiger charge is 2.41. The van der Waals surface area contributed by atoms with Gasteiger partial charge in [-0.15, -0.1) is 0 Å². The van der Waals surface area contributed by atoms with Crippen LogP contribution in [-0.4, -0.2) is 13.7 Å². The standard InChI is InChI=1S/C15H24N2O/c1-3-11-9-12(5-6-13(11)18-2)14(17)15(10-16)7-4-8-15/h5-6,9,14H,3-4,7-8,10,16-17H2,1-2H3. The maximum atomic E-state index is 6.44. The maximum absolute atomic E-state index is 6.44. The molecule has 0 saturated heterocycles. The van der Waals surface area contributed by atoms with Gasteiger partial charge in [0.15, 0.2) is 0 Å². The van der Waals surface area contributed by atoms with Gasteiger partial charge in [-0.1, -0.05) is 25.5 Å². The lowest BCUT2D eigenvalue weighted by Crippen LogP contribution is -2.46. The number of hydrogen-bond acceptors (Lipinski definition) is 3. The second-order valence-electron chi connectivity index (χ2n) is 5.32. The van der Waals surface area contributed by atoms with Crippen LogP contribution in [0.4, 0.5) is 0 Å². The average Bonchev–Trinajstić information content (AvgIpc) is 2.37. The van der Waals surface area contributed by atoms with Crippen LogP contribution in [0.25, 0.3) is 0 Å². The van der Waals surface area contributed by atoms with Gasteiger partial charge in [-0.2, -0.15) is 0 Å². The Labute approximate surface area is 110 Å². The molecule has 0 aliphatic heterocycles. The molecule has 0 radical (unpaired) electrons. The number of aryl methyl sites for hydroxylation is 1. The van der Waals surface area contributed by atoms with Crippen LogP contribution in [0.2, 0.25) is 0 Å². The third kappa shape index (κ3) is 2.13. The van der Waals surface area contributed by atoms with E-state index in [1.54, 1.807) is 7.11 Å². The Morgan fingerprint density at radius 3 is 2.56 bits per heavy atom. The lowest BCUT2D eigenvalue weighted by Gasteiger charge is -2.46. The predicted octanol–water partition coefficient (Wildman–Crippen LogP) is 2.39. The van der Waals surface area contributed by atoms with Crippen LogP contribution in [0.3, 0.4) is 0 Å². The van der Waals surface area contributed by atoms with E-state index in [9.17, 15) is 0 Å². The first-order chi connectivity index (χ1) is 8.66. The van der Waals surface area contributed by atoms with Crippen molar-refractivity contribution in [2.45, 2.75) is 38.6 Å². The van der Waals surface area contributed by atoms with E-state index >= 15 is 0 Å². The first-order valence-corrected chi connectivity index (χ1v) is 6.79. The zero-order valence-electron chi connectivity index (χ0n) is 11.4. The largest absolute Gasteiger partial charge is 0.496 e. The van der Waals surface area contributed by atoms with Crippen LogP contribution in [0.5, 0.6) is 5.75 Å². The zero-order chi connectivity index (χ0) is 13.2. The van der Waals surface area contributed by atoms with Gasteiger partial charge < -0.3 is 16.2 Å². The van der Waals surface area contributed by atoms with Crippen molar-refractivity contribution in [3.05, 3.63) is 29.3 Å². The van der Waals surface area contributed by atoms with Gasteiger partial charge in [0, 0.05) is 11.5 Å². The van der Waals surface area contributed by atoms with Gasteiger partial charge in [0.25, 0.3) is 0 Å². The Morgan fingerprint density at radius 1 is 1.39 bits per heavy atom. The van der Waals surface area contributed by atoms with E-state index in [1.807, 2.05) is 6.07 Å². The molecule has 1 aliphatic rings. The van der Waals surface area contributed by atoms with Gasteiger partial charge in [-0.25, -0.2) is 0 Å². The Hall–Kier alpha value is -1.06. The van der Waals surface area contributed by atoms with Gasteiger partial charge in [0.05, 0.1) is 7.11 Å². The zero-order valence-corrected chi connectivity index (χ0v) is 11.4. The Balaban J connectivity index is 2.28. The van der Waals surface area contributed by atoms with Crippen molar-refractivity contribution in [3.63, 3.8) is 0 Å². The highest BCUT2D eigenvalue weighted by atomic mass is 16.5. The fourth-order valence-electron chi connectivity index (χ4n) is 2.89. The molecule has 3 nitrogen and oxygen atoms in total. The quantitative estimate of drug-likeness (QED) is 0.841. The molecule has 100 valence electrons. The van der Waals surface area contributed by atoms with Crippen molar-refractivity contribution in [2.75, 3.05) is 13.7 Å². The summed E-state index contributed by atoms with van der Waals surface area (Å²) in [6.07, 6.45) is 4.51. The summed E-state index contributed by atoms with van der Waals surface area (Å²) >= 11 is 0. The molecular weight excluding hydrogens is 224 g/mol. The van der Waals surface area contributed by atoms with Crippen molar-refractivity contribution >= 4 is 0 Å². The summed E-state index contributed by atoms with van der Waals surface area (Å²) in [5, 5.41) is 0. The molecule has 1 atom stereocenters. The summed E-state index contributed by atoms with van der Waals surface area (Å²) in [6, 6.07) is 6.33. The molecule has 0 amide bonds. The van der Waals surface area contributed by atoms with E-state index < -0.39 is 0 Å². The summed E-state index contributed by atoms with van der Waals surface area (Å²) in [4.78, 5) is 0. The molecule has 0 heterocycles. The molecule has 1 aliphatic carbocycles. The Morgan fingerprint density at radius 2 is 2.11 bits per heavy atom. The minimum atomic E-state index is 0.0486. The molecule has 1 aromatic carbocycles. The van der Waals surface area contributed by atoms with Gasteiger partial charge in [0.1, 0.15) is 5.75 Å². The fourth-order valence-corrected chi connectivity index (χ4v) is 2.89. The van der Waals surface area contributed by atoms with E-state index in [4.69, 9.17) is 16.2 Å². The summed E-state index contributed by atoms with van der Waals surface area (Å²) in [5.41, 5.74) is 14.9. The van der Waals surface area contributed by atoms with Crippen molar-refractivity contribution in [1.29, 1.82) is 0 Å². The van der Waals surface area contributed by atoms with Gasteiger partial charge in [-0.05, 0) is 43.0 Å². The van der Waals surface area contributed by atoms with E-state index in [1.165, 1.54) is 17.5 Å².